The van der Waals surface area contributed by atoms with Crippen LogP contribution in [0.1, 0.15) is 56.1 Å². The minimum absolute atomic E-state index is 0.109. The van der Waals surface area contributed by atoms with Gasteiger partial charge in [-0.25, -0.2) is 8.42 Å². The van der Waals surface area contributed by atoms with Crippen LogP contribution in [0.15, 0.2) is 89.4 Å². The van der Waals surface area contributed by atoms with Crippen molar-refractivity contribution >= 4 is 43.5 Å². The molecule has 1 N–H and O–H groups in total. The van der Waals surface area contributed by atoms with Gasteiger partial charge in [-0.3, -0.25) is 13.9 Å². The molecule has 2 amide bonds. The molecule has 7 nitrogen and oxygen atoms in total. The van der Waals surface area contributed by atoms with E-state index in [0.29, 0.717) is 18.5 Å². The zero-order valence-corrected chi connectivity index (χ0v) is 26.5. The first-order chi connectivity index (χ1) is 20.2. The molecule has 1 atom stereocenters. The molecule has 0 aliphatic heterocycles. The van der Waals surface area contributed by atoms with Crippen LogP contribution in [0.4, 0.5) is 5.69 Å². The molecular formula is C33H40BrN3O4S. The Bertz CT molecular complexity index is 1400. The second-order valence-corrected chi connectivity index (χ2v) is 13.8. The first kappa shape index (κ1) is 31.8. The van der Waals surface area contributed by atoms with E-state index in [4.69, 9.17) is 0 Å². The highest BCUT2D eigenvalue weighted by Crippen LogP contribution is 2.22. The fourth-order valence-electron chi connectivity index (χ4n) is 5.48. The molecule has 9 heteroatoms. The molecule has 3 aromatic carbocycles. The number of anilines is 1. The Morgan fingerprint density at radius 2 is 1.50 bits per heavy atom. The van der Waals surface area contributed by atoms with Gasteiger partial charge < -0.3 is 10.2 Å². The summed E-state index contributed by atoms with van der Waals surface area (Å²) in [6.45, 7) is 0.439. The number of carbonyl (C=O) groups excluding carboxylic acids is 2. The molecule has 0 bridgehead atoms. The number of amides is 2. The summed E-state index contributed by atoms with van der Waals surface area (Å²) >= 11 is 3.48. The molecule has 1 unspecified atom stereocenters. The molecule has 1 saturated carbocycles. The quantitative estimate of drug-likeness (QED) is 0.242. The summed E-state index contributed by atoms with van der Waals surface area (Å²) in [6.07, 6.45) is 7.26. The number of para-hydroxylation sites is 1. The summed E-state index contributed by atoms with van der Waals surface area (Å²) in [7, 11) is -3.54. The summed E-state index contributed by atoms with van der Waals surface area (Å²) < 4.78 is 27.4. The van der Waals surface area contributed by atoms with Crippen molar-refractivity contribution in [2.45, 2.75) is 70.0 Å². The van der Waals surface area contributed by atoms with E-state index in [1.54, 1.807) is 29.2 Å². The van der Waals surface area contributed by atoms with Crippen molar-refractivity contribution in [2.24, 2.45) is 0 Å². The summed E-state index contributed by atoms with van der Waals surface area (Å²) in [4.78, 5) is 29.6. The van der Waals surface area contributed by atoms with Crippen LogP contribution in [0.3, 0.4) is 0 Å². The lowest BCUT2D eigenvalue weighted by atomic mass is 9.94. The number of nitrogens with one attached hydrogen (secondary N) is 1. The SMILES string of the molecule is CS(=O)(=O)N(CCCC(=O)N(Cc1ccc(Br)cc1)C(Cc1ccccc1)C(=O)NC1CCCCC1)c1ccccc1. The predicted octanol–water partition coefficient (Wildman–Crippen LogP) is 6.08. The molecule has 0 aromatic heterocycles. The van der Waals surface area contributed by atoms with Gasteiger partial charge in [-0.15, -0.1) is 0 Å². The lowest BCUT2D eigenvalue weighted by Crippen LogP contribution is -2.52. The van der Waals surface area contributed by atoms with Crippen LogP contribution in [0.25, 0.3) is 0 Å². The predicted molar refractivity (Wildman–Crippen MR) is 172 cm³/mol. The van der Waals surface area contributed by atoms with Crippen LogP contribution in [-0.4, -0.2) is 50.0 Å². The van der Waals surface area contributed by atoms with Gasteiger partial charge in [-0.1, -0.05) is 95.9 Å². The normalized spacial score (nSPS) is 14.6. The minimum Gasteiger partial charge on any atom is -0.352 e. The maximum atomic E-state index is 14.0. The van der Waals surface area contributed by atoms with Crippen molar-refractivity contribution < 1.29 is 18.0 Å². The van der Waals surface area contributed by atoms with Crippen LogP contribution in [-0.2, 0) is 32.6 Å². The van der Waals surface area contributed by atoms with Gasteiger partial charge in [0.1, 0.15) is 6.04 Å². The number of hydrogen-bond acceptors (Lipinski definition) is 4. The largest absolute Gasteiger partial charge is 0.352 e. The zero-order valence-electron chi connectivity index (χ0n) is 24.1. The average Bonchev–Trinajstić information content (AvgIpc) is 2.99. The molecule has 0 heterocycles. The Morgan fingerprint density at radius 3 is 2.12 bits per heavy atom. The van der Waals surface area contributed by atoms with E-state index in [2.05, 4.69) is 21.2 Å². The fraction of sp³-hybridized carbons (Fsp3) is 0.394. The lowest BCUT2D eigenvalue weighted by Gasteiger charge is -2.34. The van der Waals surface area contributed by atoms with Gasteiger partial charge in [0, 0.05) is 36.4 Å². The Labute approximate surface area is 258 Å². The van der Waals surface area contributed by atoms with Crippen molar-refractivity contribution in [3.63, 3.8) is 0 Å². The number of halogens is 1. The van der Waals surface area contributed by atoms with E-state index in [1.807, 2.05) is 60.7 Å². The van der Waals surface area contributed by atoms with Gasteiger partial charge in [0.25, 0.3) is 0 Å². The standard InChI is InChI=1S/C33H40BrN3O4S/c1-42(40,41)37(30-16-9-4-10-17-30)23-11-18-32(38)36(25-27-19-21-28(34)22-20-27)31(24-26-12-5-2-6-13-26)33(39)35-29-14-7-3-8-15-29/h2,4-6,9-10,12-13,16-17,19-22,29,31H,3,7-8,11,14-15,18,23-25H2,1H3,(H,35,39). The third-order valence-corrected chi connectivity index (χ3v) is 9.41. The van der Waals surface area contributed by atoms with Crippen LogP contribution in [0.2, 0.25) is 0 Å². The fourth-order valence-corrected chi connectivity index (χ4v) is 6.71. The molecule has 3 aromatic rings. The highest BCUT2D eigenvalue weighted by Gasteiger charge is 2.32. The molecule has 4 rings (SSSR count). The van der Waals surface area contributed by atoms with E-state index in [0.717, 1.165) is 41.3 Å². The molecular weight excluding hydrogens is 614 g/mol. The maximum Gasteiger partial charge on any atom is 0.243 e. The first-order valence-corrected chi connectivity index (χ1v) is 17.3. The van der Waals surface area contributed by atoms with E-state index in [1.165, 1.54) is 17.0 Å². The van der Waals surface area contributed by atoms with Crippen molar-refractivity contribution in [1.82, 2.24) is 10.2 Å². The van der Waals surface area contributed by atoms with Crippen LogP contribution in [0.5, 0.6) is 0 Å². The third-order valence-electron chi connectivity index (χ3n) is 7.69. The number of benzene rings is 3. The van der Waals surface area contributed by atoms with Crippen LogP contribution < -0.4 is 9.62 Å². The van der Waals surface area contributed by atoms with E-state index < -0.39 is 16.1 Å². The van der Waals surface area contributed by atoms with Gasteiger partial charge >= 0.3 is 0 Å². The Morgan fingerprint density at radius 1 is 0.881 bits per heavy atom. The second kappa shape index (κ2) is 15.3. The molecule has 42 heavy (non-hydrogen) atoms. The molecule has 0 saturated heterocycles. The van der Waals surface area contributed by atoms with E-state index in [9.17, 15) is 18.0 Å². The Hall–Kier alpha value is -3.17. The second-order valence-electron chi connectivity index (χ2n) is 11.0. The summed E-state index contributed by atoms with van der Waals surface area (Å²) in [5.41, 5.74) is 2.45. The van der Waals surface area contributed by atoms with E-state index in [-0.39, 0.29) is 37.4 Å². The molecule has 1 aliphatic carbocycles. The van der Waals surface area contributed by atoms with Crippen molar-refractivity contribution in [3.8, 4) is 0 Å². The Kier molecular flexibility index (Phi) is 11.6. The summed E-state index contributed by atoms with van der Waals surface area (Å²) in [5, 5.41) is 3.26. The topological polar surface area (TPSA) is 86.8 Å². The number of rotatable bonds is 13. The highest BCUT2D eigenvalue weighted by molar-refractivity contribution is 9.10. The number of sulfonamides is 1. The van der Waals surface area contributed by atoms with Gasteiger partial charge in [-0.2, -0.15) is 0 Å². The average molecular weight is 655 g/mol. The Balaban J connectivity index is 1.58. The lowest BCUT2D eigenvalue weighted by molar-refractivity contribution is -0.141. The van der Waals surface area contributed by atoms with E-state index >= 15 is 0 Å². The van der Waals surface area contributed by atoms with Gasteiger partial charge in [0.15, 0.2) is 0 Å². The molecule has 1 fully saturated rings. The monoisotopic (exact) mass is 653 g/mol. The smallest absolute Gasteiger partial charge is 0.243 e. The first-order valence-electron chi connectivity index (χ1n) is 14.6. The number of hydrogen-bond donors (Lipinski definition) is 1. The summed E-state index contributed by atoms with van der Waals surface area (Å²) in [6, 6.07) is 25.8. The third kappa shape index (κ3) is 9.42. The van der Waals surface area contributed by atoms with Crippen LogP contribution in [0, 0.1) is 0 Å². The molecule has 0 spiro atoms. The van der Waals surface area contributed by atoms with Crippen molar-refractivity contribution in [1.29, 1.82) is 0 Å². The molecule has 224 valence electrons. The maximum absolute atomic E-state index is 14.0. The van der Waals surface area contributed by atoms with Gasteiger partial charge in [-0.05, 0) is 54.7 Å². The minimum atomic E-state index is -3.54. The number of nitrogens with zero attached hydrogens (tertiary/aromatic N) is 2. The highest BCUT2D eigenvalue weighted by atomic mass is 79.9. The molecule has 1 aliphatic rings. The summed E-state index contributed by atoms with van der Waals surface area (Å²) in [5.74, 6) is -0.322. The van der Waals surface area contributed by atoms with Crippen LogP contribution >= 0.6 is 15.9 Å². The molecule has 0 radical (unpaired) electrons. The van der Waals surface area contributed by atoms with Gasteiger partial charge in [0.2, 0.25) is 21.8 Å². The van der Waals surface area contributed by atoms with Crippen molar-refractivity contribution in [2.75, 3.05) is 17.1 Å². The van der Waals surface area contributed by atoms with Crippen molar-refractivity contribution in [3.05, 3.63) is 101 Å². The van der Waals surface area contributed by atoms with Gasteiger partial charge in [0.05, 0.1) is 11.9 Å². The number of carbonyl (C=O) groups is 2. The zero-order chi connectivity index (χ0) is 30.0.